The van der Waals surface area contributed by atoms with Crippen molar-refractivity contribution in [3.05, 3.63) is 35.0 Å². The van der Waals surface area contributed by atoms with Crippen LogP contribution in [0.3, 0.4) is 0 Å². The fraction of sp³-hybridized carbons (Fsp3) is 0.375. The summed E-state index contributed by atoms with van der Waals surface area (Å²) in [4.78, 5) is 17.2. The van der Waals surface area contributed by atoms with Crippen molar-refractivity contribution >= 4 is 28.4 Å². The number of benzene rings is 1. The van der Waals surface area contributed by atoms with E-state index < -0.39 is 0 Å². The Morgan fingerprint density at radius 2 is 2.05 bits per heavy atom. The maximum Gasteiger partial charge on any atom is 0.130 e. The van der Waals surface area contributed by atoms with Crippen molar-refractivity contribution in [3.63, 3.8) is 0 Å². The van der Waals surface area contributed by atoms with Gasteiger partial charge in [0.25, 0.3) is 0 Å². The van der Waals surface area contributed by atoms with Crippen LogP contribution < -0.4 is 0 Å². The maximum atomic E-state index is 11.2. The van der Waals surface area contributed by atoms with Crippen molar-refractivity contribution in [1.82, 2.24) is 4.98 Å². The molecule has 0 aliphatic carbocycles. The number of rotatable bonds is 4. The Labute approximate surface area is 118 Å². The number of aryl methyl sites for hydroxylation is 2. The van der Waals surface area contributed by atoms with Crippen molar-refractivity contribution in [3.8, 4) is 0 Å². The molecule has 0 fully saturated rings. The molecular formula is C16H19NOS. The topological polar surface area (TPSA) is 30.0 Å². The first-order chi connectivity index (χ1) is 9.02. The second kappa shape index (κ2) is 5.74. The quantitative estimate of drug-likeness (QED) is 0.786. The van der Waals surface area contributed by atoms with E-state index in [0.29, 0.717) is 6.42 Å². The minimum atomic E-state index is 0.232. The summed E-state index contributed by atoms with van der Waals surface area (Å²) in [6.45, 7) is 5.78. The van der Waals surface area contributed by atoms with E-state index in [-0.39, 0.29) is 5.78 Å². The average Bonchev–Trinajstić information content (AvgIpc) is 2.36. The Balaban J connectivity index is 2.61. The third-order valence-electron chi connectivity index (χ3n) is 3.33. The molecule has 0 N–H and O–H groups in total. The van der Waals surface area contributed by atoms with Crippen LogP contribution in [0.5, 0.6) is 0 Å². The molecular weight excluding hydrogens is 254 g/mol. The Morgan fingerprint density at radius 1 is 1.32 bits per heavy atom. The fourth-order valence-electron chi connectivity index (χ4n) is 2.33. The van der Waals surface area contributed by atoms with E-state index in [9.17, 15) is 4.79 Å². The predicted molar refractivity (Wildman–Crippen MR) is 82.0 cm³/mol. The highest BCUT2D eigenvalue weighted by molar-refractivity contribution is 7.98. The summed E-state index contributed by atoms with van der Waals surface area (Å²) < 4.78 is 0. The molecule has 2 nitrogen and oxygen atoms in total. The number of aromatic nitrogens is 1. The van der Waals surface area contributed by atoms with Gasteiger partial charge in [-0.25, -0.2) is 0 Å². The summed E-state index contributed by atoms with van der Waals surface area (Å²) in [5.41, 5.74) is 4.55. The molecule has 100 valence electrons. The fourth-order valence-corrected chi connectivity index (χ4v) is 3.21. The summed E-state index contributed by atoms with van der Waals surface area (Å²) in [5.74, 6) is 0.232. The zero-order valence-electron chi connectivity index (χ0n) is 11.9. The Bertz CT molecular complexity index is 634. The molecule has 2 aromatic rings. The molecule has 0 radical (unpaired) electrons. The van der Waals surface area contributed by atoms with Crippen LogP contribution in [0.2, 0.25) is 0 Å². The third-order valence-corrected chi connectivity index (χ3v) is 4.20. The number of hydrogen-bond donors (Lipinski definition) is 0. The third kappa shape index (κ3) is 2.98. The van der Waals surface area contributed by atoms with E-state index in [1.807, 2.05) is 6.92 Å². The SMILES string of the molecule is CSc1c(CCC(C)=O)c(C)nc2ccc(C)cc12. The van der Waals surface area contributed by atoms with E-state index in [0.717, 1.165) is 17.6 Å². The standard InChI is InChI=1S/C16H19NOS/c1-10-5-8-15-14(9-10)16(19-4)13(12(3)17-15)7-6-11(2)18/h5,8-9H,6-7H2,1-4H3. The van der Waals surface area contributed by atoms with E-state index in [2.05, 4.69) is 36.4 Å². The predicted octanol–water partition coefficient (Wildman–Crippen LogP) is 4.10. The number of nitrogens with zero attached hydrogens (tertiary/aromatic N) is 1. The largest absolute Gasteiger partial charge is 0.300 e. The van der Waals surface area contributed by atoms with Gasteiger partial charge in [0.05, 0.1) is 5.52 Å². The number of hydrogen-bond acceptors (Lipinski definition) is 3. The summed E-state index contributed by atoms with van der Waals surface area (Å²) in [6, 6.07) is 6.35. The van der Waals surface area contributed by atoms with Gasteiger partial charge in [-0.1, -0.05) is 11.6 Å². The van der Waals surface area contributed by atoms with E-state index in [1.165, 1.54) is 21.4 Å². The van der Waals surface area contributed by atoms with Crippen molar-refractivity contribution in [2.45, 2.75) is 38.5 Å². The van der Waals surface area contributed by atoms with E-state index in [4.69, 9.17) is 0 Å². The van der Waals surface area contributed by atoms with Gasteiger partial charge in [0.1, 0.15) is 5.78 Å². The summed E-state index contributed by atoms with van der Waals surface area (Å²) in [6.07, 6.45) is 3.47. The number of carbonyl (C=O) groups excluding carboxylic acids is 1. The first-order valence-electron chi connectivity index (χ1n) is 6.46. The van der Waals surface area contributed by atoms with Crippen LogP contribution in [-0.4, -0.2) is 17.0 Å². The van der Waals surface area contributed by atoms with Gasteiger partial charge in [-0.15, -0.1) is 11.8 Å². The van der Waals surface area contributed by atoms with E-state index in [1.54, 1.807) is 18.7 Å². The van der Waals surface area contributed by atoms with Gasteiger partial charge in [-0.2, -0.15) is 0 Å². The van der Waals surface area contributed by atoms with Crippen LogP contribution in [0.1, 0.15) is 30.2 Å². The first kappa shape index (κ1) is 14.1. The van der Waals surface area contributed by atoms with Crippen LogP contribution >= 0.6 is 11.8 Å². The average molecular weight is 273 g/mol. The molecule has 2 rings (SSSR count). The zero-order chi connectivity index (χ0) is 14.0. The highest BCUT2D eigenvalue weighted by Gasteiger charge is 2.12. The maximum absolute atomic E-state index is 11.2. The van der Waals surface area contributed by atoms with Gasteiger partial charge in [-0.3, -0.25) is 4.98 Å². The molecule has 1 aromatic carbocycles. The summed E-state index contributed by atoms with van der Waals surface area (Å²) in [5, 5.41) is 1.21. The summed E-state index contributed by atoms with van der Waals surface area (Å²) >= 11 is 1.75. The van der Waals surface area contributed by atoms with Crippen LogP contribution in [0.15, 0.2) is 23.1 Å². The molecule has 0 saturated heterocycles. The molecule has 0 aliphatic rings. The number of ketones is 1. The van der Waals surface area contributed by atoms with Crippen molar-refractivity contribution < 1.29 is 4.79 Å². The minimum absolute atomic E-state index is 0.232. The van der Waals surface area contributed by atoms with Crippen molar-refractivity contribution in [2.75, 3.05) is 6.26 Å². The van der Waals surface area contributed by atoms with Gasteiger partial charge < -0.3 is 4.79 Å². The second-order valence-electron chi connectivity index (χ2n) is 4.93. The normalized spacial score (nSPS) is 10.9. The molecule has 0 atom stereocenters. The second-order valence-corrected chi connectivity index (χ2v) is 5.75. The lowest BCUT2D eigenvalue weighted by molar-refractivity contribution is -0.116. The number of fused-ring (bicyclic) bond motifs is 1. The smallest absolute Gasteiger partial charge is 0.130 e. The Morgan fingerprint density at radius 3 is 2.68 bits per heavy atom. The minimum Gasteiger partial charge on any atom is -0.300 e. The number of Topliss-reactive ketones (excluding diaryl/α,β-unsaturated/α-hetero) is 1. The van der Waals surface area contributed by atoms with Crippen molar-refractivity contribution in [1.29, 1.82) is 0 Å². The highest BCUT2D eigenvalue weighted by atomic mass is 32.2. The van der Waals surface area contributed by atoms with Crippen LogP contribution in [-0.2, 0) is 11.2 Å². The zero-order valence-corrected chi connectivity index (χ0v) is 12.7. The van der Waals surface area contributed by atoms with Crippen LogP contribution in [0.25, 0.3) is 10.9 Å². The monoisotopic (exact) mass is 273 g/mol. The Hall–Kier alpha value is -1.35. The first-order valence-corrected chi connectivity index (χ1v) is 7.68. The summed E-state index contributed by atoms with van der Waals surface area (Å²) in [7, 11) is 0. The number of carbonyl (C=O) groups is 1. The van der Waals surface area contributed by atoms with Crippen LogP contribution in [0, 0.1) is 13.8 Å². The van der Waals surface area contributed by atoms with Crippen LogP contribution in [0.4, 0.5) is 0 Å². The number of thioether (sulfide) groups is 1. The lowest BCUT2D eigenvalue weighted by atomic mass is 10.0. The van der Waals surface area contributed by atoms with Gasteiger partial charge in [0, 0.05) is 22.4 Å². The molecule has 0 aliphatic heterocycles. The van der Waals surface area contributed by atoms with Gasteiger partial charge >= 0.3 is 0 Å². The molecule has 0 unspecified atom stereocenters. The lowest BCUT2D eigenvalue weighted by Gasteiger charge is -2.13. The Kier molecular flexibility index (Phi) is 4.25. The van der Waals surface area contributed by atoms with Gasteiger partial charge in [-0.05, 0) is 51.1 Å². The molecule has 1 heterocycles. The molecule has 0 spiro atoms. The molecule has 19 heavy (non-hydrogen) atoms. The molecule has 0 bridgehead atoms. The molecule has 0 saturated carbocycles. The number of pyridine rings is 1. The van der Waals surface area contributed by atoms with E-state index >= 15 is 0 Å². The molecule has 0 amide bonds. The van der Waals surface area contributed by atoms with Crippen molar-refractivity contribution in [2.24, 2.45) is 0 Å². The molecule has 3 heteroatoms. The van der Waals surface area contributed by atoms with Gasteiger partial charge in [0.2, 0.25) is 0 Å². The lowest BCUT2D eigenvalue weighted by Crippen LogP contribution is -2.01. The highest BCUT2D eigenvalue weighted by Crippen LogP contribution is 2.32. The van der Waals surface area contributed by atoms with Gasteiger partial charge in [0.15, 0.2) is 0 Å². The molecule has 1 aromatic heterocycles.